The SMILES string of the molecule is CCc1cc(N)nc(-c2cc(Br)c(O)c(OC)c2)n1. The molecule has 5 nitrogen and oxygen atoms in total. The molecular formula is C13H14BrN3O2. The Morgan fingerprint density at radius 1 is 1.32 bits per heavy atom. The number of nitrogens with zero attached hydrogens (tertiary/aromatic N) is 2. The van der Waals surface area contributed by atoms with Crippen molar-refractivity contribution in [3.05, 3.63) is 28.4 Å². The third-order valence-electron chi connectivity index (χ3n) is 2.67. The molecule has 0 fully saturated rings. The van der Waals surface area contributed by atoms with Crippen molar-refractivity contribution in [2.45, 2.75) is 13.3 Å². The lowest BCUT2D eigenvalue weighted by molar-refractivity contribution is 0.372. The maximum absolute atomic E-state index is 9.79. The summed E-state index contributed by atoms with van der Waals surface area (Å²) in [5.74, 6) is 1.33. The summed E-state index contributed by atoms with van der Waals surface area (Å²) in [5.41, 5.74) is 7.36. The monoisotopic (exact) mass is 323 g/mol. The van der Waals surface area contributed by atoms with E-state index in [1.807, 2.05) is 6.92 Å². The quantitative estimate of drug-likeness (QED) is 0.907. The predicted octanol–water partition coefficient (Wildman–Crippen LogP) is 2.76. The topological polar surface area (TPSA) is 81.3 Å². The molecule has 0 aliphatic carbocycles. The van der Waals surface area contributed by atoms with Crippen molar-refractivity contribution in [1.82, 2.24) is 9.97 Å². The first-order valence-electron chi connectivity index (χ1n) is 5.75. The van der Waals surface area contributed by atoms with Gasteiger partial charge in [-0.15, -0.1) is 0 Å². The summed E-state index contributed by atoms with van der Waals surface area (Å²) in [6.07, 6.45) is 0.774. The van der Waals surface area contributed by atoms with E-state index in [4.69, 9.17) is 10.5 Å². The van der Waals surface area contributed by atoms with Crippen LogP contribution in [0.1, 0.15) is 12.6 Å². The van der Waals surface area contributed by atoms with Crippen LogP contribution in [-0.4, -0.2) is 22.2 Å². The van der Waals surface area contributed by atoms with Crippen molar-refractivity contribution in [2.75, 3.05) is 12.8 Å². The number of benzene rings is 1. The number of aromatic hydroxyl groups is 1. The summed E-state index contributed by atoms with van der Waals surface area (Å²) in [6.45, 7) is 2.00. The van der Waals surface area contributed by atoms with Crippen LogP contribution in [0.3, 0.4) is 0 Å². The Morgan fingerprint density at radius 3 is 2.68 bits per heavy atom. The molecule has 1 aromatic carbocycles. The first-order valence-corrected chi connectivity index (χ1v) is 6.54. The zero-order chi connectivity index (χ0) is 14.0. The number of rotatable bonds is 3. The molecule has 0 spiro atoms. The average molecular weight is 324 g/mol. The van der Waals surface area contributed by atoms with Gasteiger partial charge >= 0.3 is 0 Å². The zero-order valence-corrected chi connectivity index (χ0v) is 12.2. The minimum Gasteiger partial charge on any atom is -0.503 e. The van der Waals surface area contributed by atoms with Crippen LogP contribution in [0, 0.1) is 0 Å². The second kappa shape index (κ2) is 5.44. The lowest BCUT2D eigenvalue weighted by Crippen LogP contribution is -2.00. The van der Waals surface area contributed by atoms with E-state index in [1.54, 1.807) is 18.2 Å². The highest BCUT2D eigenvalue weighted by Crippen LogP contribution is 2.37. The Hall–Kier alpha value is -1.82. The van der Waals surface area contributed by atoms with E-state index in [0.717, 1.165) is 17.7 Å². The van der Waals surface area contributed by atoms with E-state index >= 15 is 0 Å². The van der Waals surface area contributed by atoms with Crippen LogP contribution in [0.15, 0.2) is 22.7 Å². The standard InChI is InChI=1S/C13H14BrN3O2/c1-3-8-6-11(15)17-13(16-8)7-4-9(14)12(18)10(5-7)19-2/h4-6,18H,3H2,1-2H3,(H2,15,16,17). The molecule has 2 aromatic rings. The molecule has 0 saturated heterocycles. The van der Waals surface area contributed by atoms with Gasteiger partial charge in [-0.1, -0.05) is 6.92 Å². The van der Waals surface area contributed by atoms with Crippen LogP contribution in [-0.2, 0) is 6.42 Å². The van der Waals surface area contributed by atoms with E-state index in [1.165, 1.54) is 7.11 Å². The van der Waals surface area contributed by atoms with Gasteiger partial charge in [0, 0.05) is 17.3 Å². The fourth-order valence-electron chi connectivity index (χ4n) is 1.69. The van der Waals surface area contributed by atoms with Crippen LogP contribution < -0.4 is 10.5 Å². The fourth-order valence-corrected chi connectivity index (χ4v) is 2.13. The van der Waals surface area contributed by atoms with Gasteiger partial charge in [0.15, 0.2) is 17.3 Å². The summed E-state index contributed by atoms with van der Waals surface area (Å²) in [6, 6.07) is 5.15. The number of methoxy groups -OCH3 is 1. The number of nitrogens with two attached hydrogens (primary N) is 1. The van der Waals surface area contributed by atoms with E-state index in [-0.39, 0.29) is 5.75 Å². The van der Waals surface area contributed by atoms with Gasteiger partial charge in [0.1, 0.15) is 5.82 Å². The Morgan fingerprint density at radius 2 is 2.05 bits per heavy atom. The summed E-state index contributed by atoms with van der Waals surface area (Å²) < 4.78 is 5.63. The smallest absolute Gasteiger partial charge is 0.172 e. The molecule has 0 radical (unpaired) electrons. The molecule has 2 rings (SSSR count). The van der Waals surface area contributed by atoms with Gasteiger partial charge in [-0.05, 0) is 34.5 Å². The average Bonchev–Trinajstić information content (AvgIpc) is 2.40. The van der Waals surface area contributed by atoms with E-state index < -0.39 is 0 Å². The molecule has 3 N–H and O–H groups in total. The largest absolute Gasteiger partial charge is 0.503 e. The Kier molecular flexibility index (Phi) is 3.90. The van der Waals surface area contributed by atoms with Crippen LogP contribution >= 0.6 is 15.9 Å². The molecule has 0 unspecified atom stereocenters. The molecule has 0 aliphatic heterocycles. The summed E-state index contributed by atoms with van der Waals surface area (Å²) >= 11 is 3.27. The van der Waals surface area contributed by atoms with Gasteiger partial charge in [0.2, 0.25) is 0 Å². The molecule has 0 bridgehead atoms. The molecule has 1 aromatic heterocycles. The predicted molar refractivity (Wildman–Crippen MR) is 77.2 cm³/mol. The van der Waals surface area contributed by atoms with Crippen molar-refractivity contribution >= 4 is 21.7 Å². The maximum Gasteiger partial charge on any atom is 0.172 e. The Labute approximate surface area is 119 Å². The van der Waals surface area contributed by atoms with Gasteiger partial charge in [-0.25, -0.2) is 9.97 Å². The van der Waals surface area contributed by atoms with Crippen LogP contribution in [0.25, 0.3) is 11.4 Å². The van der Waals surface area contributed by atoms with Crippen molar-refractivity contribution in [3.63, 3.8) is 0 Å². The molecule has 0 amide bonds. The number of hydrogen-bond acceptors (Lipinski definition) is 5. The fraction of sp³-hybridized carbons (Fsp3) is 0.231. The summed E-state index contributed by atoms with van der Waals surface area (Å²) in [4.78, 5) is 8.63. The van der Waals surface area contributed by atoms with Crippen LogP contribution in [0.2, 0.25) is 0 Å². The first-order chi connectivity index (χ1) is 9.05. The van der Waals surface area contributed by atoms with Crippen molar-refractivity contribution in [3.8, 4) is 22.9 Å². The number of ether oxygens (including phenoxy) is 1. The highest BCUT2D eigenvalue weighted by Gasteiger charge is 2.12. The summed E-state index contributed by atoms with van der Waals surface area (Å²) in [5, 5.41) is 9.79. The van der Waals surface area contributed by atoms with Gasteiger partial charge in [-0.3, -0.25) is 0 Å². The molecule has 0 aliphatic rings. The Balaban J connectivity index is 2.58. The van der Waals surface area contributed by atoms with Gasteiger partial charge in [0.25, 0.3) is 0 Å². The molecular weight excluding hydrogens is 310 g/mol. The minimum atomic E-state index is 0.0471. The number of hydrogen-bond donors (Lipinski definition) is 2. The van der Waals surface area contributed by atoms with Crippen LogP contribution in [0.5, 0.6) is 11.5 Å². The number of phenols is 1. The number of nitrogen functional groups attached to an aromatic ring is 1. The highest BCUT2D eigenvalue weighted by atomic mass is 79.9. The van der Waals surface area contributed by atoms with Crippen molar-refractivity contribution in [1.29, 1.82) is 0 Å². The lowest BCUT2D eigenvalue weighted by atomic mass is 10.1. The Bertz CT molecular complexity index is 617. The summed E-state index contributed by atoms with van der Waals surface area (Å²) in [7, 11) is 1.49. The molecule has 0 atom stereocenters. The second-order valence-corrected chi connectivity index (χ2v) is 4.82. The number of aromatic nitrogens is 2. The minimum absolute atomic E-state index is 0.0471. The molecule has 19 heavy (non-hydrogen) atoms. The first kappa shape index (κ1) is 13.6. The number of anilines is 1. The van der Waals surface area contributed by atoms with Gasteiger partial charge < -0.3 is 15.6 Å². The third kappa shape index (κ3) is 2.78. The molecule has 0 saturated carbocycles. The van der Waals surface area contributed by atoms with Crippen LogP contribution in [0.4, 0.5) is 5.82 Å². The van der Waals surface area contributed by atoms with E-state index in [2.05, 4.69) is 25.9 Å². The van der Waals surface area contributed by atoms with E-state index in [0.29, 0.717) is 21.9 Å². The van der Waals surface area contributed by atoms with Crippen molar-refractivity contribution in [2.24, 2.45) is 0 Å². The number of aryl methyl sites for hydroxylation is 1. The van der Waals surface area contributed by atoms with Gasteiger partial charge in [0.05, 0.1) is 11.6 Å². The highest BCUT2D eigenvalue weighted by molar-refractivity contribution is 9.10. The normalized spacial score (nSPS) is 10.5. The molecule has 6 heteroatoms. The van der Waals surface area contributed by atoms with Gasteiger partial charge in [-0.2, -0.15) is 0 Å². The van der Waals surface area contributed by atoms with Crippen molar-refractivity contribution < 1.29 is 9.84 Å². The molecule has 1 heterocycles. The second-order valence-electron chi connectivity index (χ2n) is 3.97. The van der Waals surface area contributed by atoms with E-state index in [9.17, 15) is 5.11 Å². The third-order valence-corrected chi connectivity index (χ3v) is 3.27. The molecule has 100 valence electrons. The maximum atomic E-state index is 9.79. The zero-order valence-electron chi connectivity index (χ0n) is 10.6. The number of halogens is 1. The number of phenolic OH excluding ortho intramolecular Hbond substituents is 1. The lowest BCUT2D eigenvalue weighted by Gasteiger charge is -2.09.